The first-order chi connectivity index (χ1) is 10.6. The van der Waals surface area contributed by atoms with Crippen LogP contribution in [0.15, 0.2) is 18.2 Å². The fourth-order valence-corrected chi connectivity index (χ4v) is 3.46. The van der Waals surface area contributed by atoms with E-state index in [2.05, 4.69) is 10.6 Å². The molecule has 0 radical (unpaired) electrons. The highest BCUT2D eigenvalue weighted by Gasteiger charge is 2.39. The van der Waals surface area contributed by atoms with E-state index in [9.17, 15) is 4.79 Å². The summed E-state index contributed by atoms with van der Waals surface area (Å²) in [6, 6.07) is 5.43. The molecule has 23 heavy (non-hydrogen) atoms. The lowest BCUT2D eigenvalue weighted by Crippen LogP contribution is -2.50. The highest BCUT2D eigenvalue weighted by molar-refractivity contribution is 6.35. The van der Waals surface area contributed by atoms with Gasteiger partial charge in [-0.25, -0.2) is 0 Å². The Bertz CT molecular complexity index is 494. The van der Waals surface area contributed by atoms with Gasteiger partial charge in [0.2, 0.25) is 5.91 Å². The third kappa shape index (κ3) is 5.23. The van der Waals surface area contributed by atoms with Crippen LogP contribution < -0.4 is 10.6 Å². The number of carbonyl (C=O) groups is 1. The zero-order valence-corrected chi connectivity index (χ0v) is 15.5. The van der Waals surface area contributed by atoms with Crippen LogP contribution in [0.3, 0.4) is 0 Å². The minimum atomic E-state index is -0.426. The topological polar surface area (TPSA) is 50.4 Å². The van der Waals surface area contributed by atoms with Gasteiger partial charge in [0, 0.05) is 23.7 Å². The summed E-state index contributed by atoms with van der Waals surface area (Å²) in [4.78, 5) is 12.6. The first kappa shape index (κ1) is 20.5. The number of amides is 1. The Morgan fingerprint density at radius 3 is 2.48 bits per heavy atom. The molecule has 0 aliphatic carbocycles. The number of methoxy groups -OCH3 is 1. The number of ether oxygens (including phenoxy) is 1. The minimum Gasteiger partial charge on any atom is -0.384 e. The molecule has 2 rings (SSSR count). The van der Waals surface area contributed by atoms with Crippen molar-refractivity contribution in [2.45, 2.75) is 19.3 Å². The molecule has 0 atom stereocenters. The van der Waals surface area contributed by atoms with Crippen LogP contribution in [-0.2, 0) is 16.0 Å². The fraction of sp³-hybridized carbons (Fsp3) is 0.562. The molecular weight excluding hydrogens is 359 g/mol. The lowest BCUT2D eigenvalue weighted by Gasteiger charge is -2.35. The standard InChI is InChI=1S/C16H22Cl2N2O2.ClH/c1-22-11-16(6-9-19-10-7-16)15(21)20-8-5-12-13(17)3-2-4-14(12)18;/h2-4,19H,5-11H2,1H3,(H,20,21);1H. The lowest BCUT2D eigenvalue weighted by atomic mass is 9.78. The summed E-state index contributed by atoms with van der Waals surface area (Å²) in [5.74, 6) is 0.0547. The van der Waals surface area contributed by atoms with Gasteiger partial charge in [-0.1, -0.05) is 29.3 Å². The van der Waals surface area contributed by atoms with Crippen LogP contribution in [-0.4, -0.2) is 39.3 Å². The van der Waals surface area contributed by atoms with Gasteiger partial charge in [-0.3, -0.25) is 4.79 Å². The van der Waals surface area contributed by atoms with E-state index in [1.807, 2.05) is 18.2 Å². The van der Waals surface area contributed by atoms with Crippen LogP contribution in [0, 0.1) is 5.41 Å². The van der Waals surface area contributed by atoms with Gasteiger partial charge in [-0.2, -0.15) is 0 Å². The normalized spacial score (nSPS) is 16.5. The maximum atomic E-state index is 12.6. The van der Waals surface area contributed by atoms with Crippen molar-refractivity contribution in [1.82, 2.24) is 10.6 Å². The highest BCUT2D eigenvalue weighted by atomic mass is 35.5. The first-order valence-corrected chi connectivity index (χ1v) is 8.25. The van der Waals surface area contributed by atoms with Crippen molar-refractivity contribution in [3.63, 3.8) is 0 Å². The molecule has 1 aliphatic rings. The average Bonchev–Trinajstić information content (AvgIpc) is 2.51. The number of hydrogen-bond donors (Lipinski definition) is 2. The number of piperidine rings is 1. The van der Waals surface area contributed by atoms with E-state index in [1.165, 1.54) is 0 Å². The van der Waals surface area contributed by atoms with E-state index in [4.69, 9.17) is 27.9 Å². The molecule has 1 saturated heterocycles. The zero-order valence-electron chi connectivity index (χ0n) is 13.2. The maximum absolute atomic E-state index is 12.6. The minimum absolute atomic E-state index is 0. The van der Waals surface area contributed by atoms with Gasteiger partial charge in [0.15, 0.2) is 0 Å². The van der Waals surface area contributed by atoms with Crippen molar-refractivity contribution in [2.75, 3.05) is 33.4 Å². The van der Waals surface area contributed by atoms with Gasteiger partial charge in [0.05, 0.1) is 12.0 Å². The van der Waals surface area contributed by atoms with E-state index < -0.39 is 5.41 Å². The Balaban J connectivity index is 0.00000264. The number of benzene rings is 1. The monoisotopic (exact) mass is 380 g/mol. The molecule has 2 N–H and O–H groups in total. The molecule has 7 heteroatoms. The van der Waals surface area contributed by atoms with Crippen molar-refractivity contribution >= 4 is 41.5 Å². The summed E-state index contributed by atoms with van der Waals surface area (Å²) in [6.07, 6.45) is 2.20. The Labute approximate surface area is 153 Å². The molecule has 1 aromatic carbocycles. The predicted octanol–water partition coefficient (Wildman–Crippen LogP) is 3.09. The molecule has 1 aromatic rings. The van der Waals surface area contributed by atoms with E-state index in [0.29, 0.717) is 29.6 Å². The van der Waals surface area contributed by atoms with E-state index in [0.717, 1.165) is 31.5 Å². The molecule has 4 nitrogen and oxygen atoms in total. The molecule has 0 aromatic heterocycles. The van der Waals surface area contributed by atoms with Gasteiger partial charge in [-0.05, 0) is 50.0 Å². The Kier molecular flexibility index (Phi) is 8.65. The molecule has 1 amide bonds. The van der Waals surface area contributed by atoms with Gasteiger partial charge in [0.1, 0.15) is 0 Å². The predicted molar refractivity (Wildman–Crippen MR) is 96.8 cm³/mol. The van der Waals surface area contributed by atoms with Crippen LogP contribution in [0.2, 0.25) is 10.0 Å². The van der Waals surface area contributed by atoms with Crippen molar-refractivity contribution in [3.8, 4) is 0 Å². The van der Waals surface area contributed by atoms with Crippen molar-refractivity contribution in [3.05, 3.63) is 33.8 Å². The number of nitrogens with one attached hydrogen (secondary N) is 2. The highest BCUT2D eigenvalue weighted by Crippen LogP contribution is 2.29. The third-order valence-corrected chi connectivity index (χ3v) is 4.89. The quantitative estimate of drug-likeness (QED) is 0.796. The van der Waals surface area contributed by atoms with Gasteiger partial charge < -0.3 is 15.4 Å². The summed E-state index contributed by atoms with van der Waals surface area (Å²) >= 11 is 12.3. The van der Waals surface area contributed by atoms with E-state index in [-0.39, 0.29) is 18.3 Å². The third-order valence-electron chi connectivity index (χ3n) is 4.19. The molecule has 1 heterocycles. The molecule has 1 aliphatic heterocycles. The molecule has 1 fully saturated rings. The van der Waals surface area contributed by atoms with Crippen molar-refractivity contribution in [1.29, 1.82) is 0 Å². The Morgan fingerprint density at radius 1 is 1.30 bits per heavy atom. The van der Waals surface area contributed by atoms with Crippen LogP contribution in [0.1, 0.15) is 18.4 Å². The van der Waals surface area contributed by atoms with E-state index >= 15 is 0 Å². The summed E-state index contributed by atoms with van der Waals surface area (Å²) in [5.41, 5.74) is 0.446. The Morgan fingerprint density at radius 2 is 1.91 bits per heavy atom. The smallest absolute Gasteiger partial charge is 0.228 e. The van der Waals surface area contributed by atoms with Gasteiger partial charge in [-0.15, -0.1) is 12.4 Å². The van der Waals surface area contributed by atoms with E-state index in [1.54, 1.807) is 7.11 Å². The Hall–Kier alpha value is -0.520. The van der Waals surface area contributed by atoms with Crippen molar-refractivity contribution < 1.29 is 9.53 Å². The number of carbonyl (C=O) groups excluding carboxylic acids is 1. The second-order valence-corrected chi connectivity index (χ2v) is 6.48. The number of rotatable bonds is 6. The summed E-state index contributed by atoms with van der Waals surface area (Å²) < 4.78 is 5.28. The molecule has 0 bridgehead atoms. The molecular formula is C16H23Cl3N2O2. The number of halogens is 3. The lowest BCUT2D eigenvalue weighted by molar-refractivity contribution is -0.136. The summed E-state index contributed by atoms with van der Waals surface area (Å²) in [7, 11) is 1.64. The van der Waals surface area contributed by atoms with Crippen LogP contribution in [0.4, 0.5) is 0 Å². The van der Waals surface area contributed by atoms with Crippen LogP contribution in [0.5, 0.6) is 0 Å². The zero-order chi connectivity index (χ0) is 16.0. The molecule has 0 unspecified atom stereocenters. The number of hydrogen-bond acceptors (Lipinski definition) is 3. The largest absolute Gasteiger partial charge is 0.384 e. The molecule has 130 valence electrons. The summed E-state index contributed by atoms with van der Waals surface area (Å²) in [5, 5.41) is 7.57. The average molecular weight is 382 g/mol. The van der Waals surface area contributed by atoms with Crippen LogP contribution in [0.25, 0.3) is 0 Å². The van der Waals surface area contributed by atoms with Gasteiger partial charge in [0.25, 0.3) is 0 Å². The second kappa shape index (κ2) is 9.70. The molecule has 0 saturated carbocycles. The second-order valence-electron chi connectivity index (χ2n) is 5.67. The van der Waals surface area contributed by atoms with Gasteiger partial charge >= 0.3 is 0 Å². The first-order valence-electron chi connectivity index (χ1n) is 7.50. The van der Waals surface area contributed by atoms with Crippen LogP contribution >= 0.6 is 35.6 Å². The fourth-order valence-electron chi connectivity index (χ4n) is 2.88. The maximum Gasteiger partial charge on any atom is 0.228 e. The van der Waals surface area contributed by atoms with Crippen molar-refractivity contribution in [2.24, 2.45) is 5.41 Å². The SMILES string of the molecule is COCC1(C(=O)NCCc2c(Cl)cccc2Cl)CCNCC1.Cl. The summed E-state index contributed by atoms with van der Waals surface area (Å²) in [6.45, 7) is 2.65. The molecule has 0 spiro atoms.